The van der Waals surface area contributed by atoms with Crippen molar-refractivity contribution >= 4 is 25.7 Å². The van der Waals surface area contributed by atoms with Crippen molar-refractivity contribution in [1.82, 2.24) is 0 Å². The number of rotatable bonds is 43. The van der Waals surface area contributed by atoms with Crippen LogP contribution in [0.2, 0.25) is 0 Å². The first-order valence-corrected chi connectivity index (χ1v) is 24.8. The summed E-state index contributed by atoms with van der Waals surface area (Å²) < 4.78 is 32.6. The van der Waals surface area contributed by atoms with E-state index < -0.39 is 51.1 Å². The zero-order chi connectivity index (χ0) is 44.2. The van der Waals surface area contributed by atoms with Crippen LogP contribution in [0.15, 0.2) is 60.8 Å². The van der Waals surface area contributed by atoms with Gasteiger partial charge in [-0.05, 0) is 64.2 Å². The molecule has 4 N–H and O–H groups in total. The Labute approximate surface area is 364 Å². The van der Waals surface area contributed by atoms with Gasteiger partial charge in [0.2, 0.25) is 0 Å². The van der Waals surface area contributed by atoms with Crippen molar-refractivity contribution in [3.05, 3.63) is 60.8 Å². The van der Waals surface area contributed by atoms with Gasteiger partial charge in [-0.25, -0.2) is 4.57 Å². The predicted octanol–water partition coefficient (Wildman–Crippen LogP) is 12.7. The van der Waals surface area contributed by atoms with Crippen LogP contribution in [0.3, 0.4) is 0 Å². The van der Waals surface area contributed by atoms with Gasteiger partial charge >= 0.3 is 25.7 Å². The van der Waals surface area contributed by atoms with Crippen molar-refractivity contribution in [1.29, 1.82) is 0 Å². The number of aliphatic carboxylic acids is 1. The molecule has 0 heterocycles. The van der Waals surface area contributed by atoms with E-state index in [2.05, 4.69) is 67.0 Å². The van der Waals surface area contributed by atoms with E-state index >= 15 is 0 Å². The zero-order valence-electron chi connectivity index (χ0n) is 37.5. The first kappa shape index (κ1) is 57.2. The van der Waals surface area contributed by atoms with Crippen LogP contribution in [-0.4, -0.2) is 59.9 Å². The molecule has 2 unspecified atom stereocenters. The SMILES string of the molecule is CC/C=C/C/C=C/C/C=C/CCCCCCCCCCCCCCCC(=O)OCC(COP(=O)(O)OC[C@H](N)C(=O)O)OC(=O)CC/C=C/C/C=C/CCCCCCCC. The lowest BCUT2D eigenvalue weighted by atomic mass is 10.0. The van der Waals surface area contributed by atoms with Crippen molar-refractivity contribution in [2.75, 3.05) is 19.8 Å². The number of phosphoric ester groups is 1. The Morgan fingerprint density at radius 3 is 1.47 bits per heavy atom. The van der Waals surface area contributed by atoms with Crippen LogP contribution in [0.25, 0.3) is 0 Å². The van der Waals surface area contributed by atoms with Gasteiger partial charge in [-0.15, -0.1) is 0 Å². The monoisotopic (exact) mass is 866 g/mol. The summed E-state index contributed by atoms with van der Waals surface area (Å²) in [6.45, 7) is 2.63. The molecule has 0 bridgehead atoms. The lowest BCUT2D eigenvalue weighted by Crippen LogP contribution is -2.34. The minimum absolute atomic E-state index is 0.0538. The van der Waals surface area contributed by atoms with Gasteiger partial charge in [0.05, 0.1) is 13.2 Å². The van der Waals surface area contributed by atoms with Crippen LogP contribution in [-0.2, 0) is 37.5 Å². The minimum atomic E-state index is -4.73. The van der Waals surface area contributed by atoms with Gasteiger partial charge in [0.1, 0.15) is 12.6 Å². The fourth-order valence-electron chi connectivity index (χ4n) is 6.13. The molecule has 0 aromatic carbocycles. The average Bonchev–Trinajstić information content (AvgIpc) is 3.22. The van der Waals surface area contributed by atoms with Gasteiger partial charge in [-0.1, -0.05) is 177 Å². The van der Waals surface area contributed by atoms with Gasteiger partial charge in [0.25, 0.3) is 0 Å². The van der Waals surface area contributed by atoms with Crippen molar-refractivity contribution in [2.24, 2.45) is 5.73 Å². The molecule has 0 spiro atoms. The summed E-state index contributed by atoms with van der Waals surface area (Å²) in [5.41, 5.74) is 5.33. The van der Waals surface area contributed by atoms with Crippen LogP contribution in [0.5, 0.6) is 0 Å². The molecule has 0 radical (unpaired) electrons. The number of esters is 2. The summed E-state index contributed by atoms with van der Waals surface area (Å²) in [5.74, 6) is -2.46. The molecule has 3 atom stereocenters. The molecule has 0 amide bonds. The highest BCUT2D eigenvalue weighted by Crippen LogP contribution is 2.43. The van der Waals surface area contributed by atoms with Crippen molar-refractivity contribution in [3.63, 3.8) is 0 Å². The number of ether oxygens (including phenoxy) is 2. The van der Waals surface area contributed by atoms with E-state index in [1.807, 2.05) is 12.2 Å². The normalized spacial score (nSPS) is 14.2. The van der Waals surface area contributed by atoms with Crippen molar-refractivity contribution in [2.45, 2.75) is 206 Å². The molecule has 12 heteroatoms. The number of carboxylic acid groups (broad SMARTS) is 1. The fourth-order valence-corrected chi connectivity index (χ4v) is 6.91. The van der Waals surface area contributed by atoms with Gasteiger partial charge < -0.3 is 25.2 Å². The largest absolute Gasteiger partial charge is 0.480 e. The van der Waals surface area contributed by atoms with Crippen LogP contribution < -0.4 is 5.73 Å². The molecule has 0 fully saturated rings. The Morgan fingerprint density at radius 2 is 0.967 bits per heavy atom. The Hall–Kier alpha value is -2.82. The molecule has 346 valence electrons. The van der Waals surface area contributed by atoms with Crippen molar-refractivity contribution in [3.8, 4) is 0 Å². The van der Waals surface area contributed by atoms with E-state index in [1.165, 1.54) is 103 Å². The van der Waals surface area contributed by atoms with E-state index in [-0.39, 0.29) is 19.4 Å². The van der Waals surface area contributed by atoms with Crippen LogP contribution in [0.1, 0.15) is 194 Å². The van der Waals surface area contributed by atoms with Gasteiger partial charge in [-0.3, -0.25) is 23.4 Å². The number of hydrogen-bond donors (Lipinski definition) is 3. The maximum absolute atomic E-state index is 12.6. The Bertz CT molecular complexity index is 1250. The number of phosphoric acid groups is 1. The summed E-state index contributed by atoms with van der Waals surface area (Å²) in [5, 5.41) is 8.89. The number of allylic oxidation sites excluding steroid dienone is 10. The van der Waals surface area contributed by atoms with E-state index in [0.717, 1.165) is 51.4 Å². The molecule has 11 nitrogen and oxygen atoms in total. The highest BCUT2D eigenvalue weighted by atomic mass is 31.2. The Kier molecular flexibility index (Phi) is 40.8. The van der Waals surface area contributed by atoms with Crippen molar-refractivity contribution < 1.29 is 47.5 Å². The number of hydrogen-bond acceptors (Lipinski definition) is 9. The molecule has 0 aliphatic heterocycles. The molecular formula is C48H84NO10P. The first-order valence-electron chi connectivity index (χ1n) is 23.3. The van der Waals surface area contributed by atoms with Gasteiger partial charge in [0.15, 0.2) is 6.10 Å². The minimum Gasteiger partial charge on any atom is -0.480 e. The number of unbranched alkanes of at least 4 members (excludes halogenated alkanes) is 19. The number of carbonyl (C=O) groups excluding carboxylic acids is 2. The quantitative estimate of drug-likeness (QED) is 0.0230. The summed E-state index contributed by atoms with van der Waals surface area (Å²) in [6, 6.07) is -1.53. The third kappa shape index (κ3) is 41.9. The fraction of sp³-hybridized carbons (Fsp3) is 0.729. The molecule has 60 heavy (non-hydrogen) atoms. The molecule has 0 rings (SSSR count). The first-order chi connectivity index (χ1) is 29.1. The molecule has 0 aliphatic rings. The Balaban J connectivity index is 4.27. The van der Waals surface area contributed by atoms with Crippen LogP contribution >= 0.6 is 7.82 Å². The molecule has 0 aliphatic carbocycles. The number of carboxylic acids is 1. The molecule has 0 saturated heterocycles. The van der Waals surface area contributed by atoms with E-state index in [9.17, 15) is 23.8 Å². The summed E-state index contributed by atoms with van der Waals surface area (Å²) >= 11 is 0. The summed E-state index contributed by atoms with van der Waals surface area (Å²) in [4.78, 5) is 46.0. The predicted molar refractivity (Wildman–Crippen MR) is 245 cm³/mol. The highest BCUT2D eigenvalue weighted by molar-refractivity contribution is 7.47. The second-order valence-electron chi connectivity index (χ2n) is 15.5. The lowest BCUT2D eigenvalue weighted by Gasteiger charge is -2.20. The van der Waals surface area contributed by atoms with E-state index in [4.69, 9.17) is 24.8 Å². The second-order valence-corrected chi connectivity index (χ2v) is 17.0. The number of carbonyl (C=O) groups is 3. The maximum atomic E-state index is 12.6. The van der Waals surface area contributed by atoms with E-state index in [1.54, 1.807) is 0 Å². The topological polar surface area (TPSA) is 172 Å². The van der Waals surface area contributed by atoms with Gasteiger partial charge in [-0.2, -0.15) is 0 Å². The summed E-state index contributed by atoms with van der Waals surface area (Å²) in [7, 11) is -4.73. The molecule has 0 aromatic rings. The maximum Gasteiger partial charge on any atom is 0.472 e. The zero-order valence-corrected chi connectivity index (χ0v) is 38.4. The number of nitrogens with two attached hydrogens (primary N) is 1. The van der Waals surface area contributed by atoms with Crippen LogP contribution in [0.4, 0.5) is 0 Å². The average molecular weight is 866 g/mol. The highest BCUT2D eigenvalue weighted by Gasteiger charge is 2.28. The Morgan fingerprint density at radius 1 is 0.533 bits per heavy atom. The third-order valence-corrected chi connectivity index (χ3v) is 10.7. The molecule has 0 saturated carbocycles. The smallest absolute Gasteiger partial charge is 0.472 e. The van der Waals surface area contributed by atoms with Gasteiger partial charge in [0, 0.05) is 12.8 Å². The lowest BCUT2D eigenvalue weighted by molar-refractivity contribution is -0.161. The molecular weight excluding hydrogens is 781 g/mol. The molecule has 0 aromatic heterocycles. The van der Waals surface area contributed by atoms with E-state index in [0.29, 0.717) is 12.8 Å². The van der Waals surface area contributed by atoms with Crippen LogP contribution in [0, 0.1) is 0 Å². The third-order valence-electron chi connectivity index (χ3n) is 9.76. The standard InChI is InChI=1S/C48H84NO10P/c1-3-5-7-9-11-13-15-17-18-19-20-21-22-23-24-25-26-28-29-31-33-35-37-39-46(50)56-41-44(42-57-60(54,55)58-43-45(49)48(52)53)59-47(51)40-38-36-34-32-30-27-16-14-12-10-8-6-4-2/h5,7,11,13,17-18,27,30,34,36,44-45H,3-4,6,8-10,12,14-16,19-26,28-29,31-33,35,37-43,49H2,1-2H3,(H,52,53)(H,54,55)/b7-5+,13-11+,18-17+,30-27+,36-34+/t44?,45-/m0/s1. The second kappa shape index (κ2) is 42.9. The summed E-state index contributed by atoms with van der Waals surface area (Å²) in [6.07, 6.45) is 50.2.